The molecule has 0 spiro atoms. The zero-order valence-electron chi connectivity index (χ0n) is 13.3. The van der Waals surface area contributed by atoms with Gasteiger partial charge in [-0.05, 0) is 49.9 Å². The molecule has 1 fully saturated rings. The first-order valence-electron chi connectivity index (χ1n) is 8.12. The highest BCUT2D eigenvalue weighted by molar-refractivity contribution is 5.94. The number of aliphatic hydroxyl groups excluding tert-OH is 1. The number of nitrogens with zero attached hydrogens (tertiary/aromatic N) is 2. The van der Waals surface area contributed by atoms with Gasteiger partial charge >= 0.3 is 0 Å². The topological polar surface area (TPSA) is 86.0 Å². The quantitative estimate of drug-likeness (QED) is 0.910. The SMILES string of the molecule is N#Cc1cccnc1-c1ccc(C(=O)NC2CCC(O)CC2)cc1. The molecule has 5 nitrogen and oxygen atoms in total. The number of rotatable bonds is 3. The maximum atomic E-state index is 12.3. The summed E-state index contributed by atoms with van der Waals surface area (Å²) in [4.78, 5) is 16.6. The number of aromatic nitrogens is 1. The van der Waals surface area contributed by atoms with Crippen LogP contribution in [0.5, 0.6) is 0 Å². The number of amides is 1. The summed E-state index contributed by atoms with van der Waals surface area (Å²) >= 11 is 0. The third-order valence-corrected chi connectivity index (χ3v) is 4.38. The highest BCUT2D eigenvalue weighted by Gasteiger charge is 2.21. The van der Waals surface area contributed by atoms with Crippen molar-refractivity contribution in [3.05, 3.63) is 53.7 Å². The van der Waals surface area contributed by atoms with Crippen LogP contribution in [0, 0.1) is 11.3 Å². The van der Waals surface area contributed by atoms with E-state index in [-0.39, 0.29) is 18.1 Å². The van der Waals surface area contributed by atoms with Crippen molar-refractivity contribution in [3.63, 3.8) is 0 Å². The largest absolute Gasteiger partial charge is 0.393 e. The molecule has 2 N–H and O–H groups in total. The third kappa shape index (κ3) is 3.61. The predicted molar refractivity (Wildman–Crippen MR) is 90.1 cm³/mol. The van der Waals surface area contributed by atoms with Gasteiger partial charge in [0.15, 0.2) is 0 Å². The van der Waals surface area contributed by atoms with Crippen LogP contribution in [0.4, 0.5) is 0 Å². The van der Waals surface area contributed by atoms with E-state index in [1.165, 1.54) is 0 Å². The van der Waals surface area contributed by atoms with Gasteiger partial charge in [0.25, 0.3) is 5.91 Å². The molecule has 0 saturated heterocycles. The third-order valence-electron chi connectivity index (χ3n) is 4.38. The van der Waals surface area contributed by atoms with Crippen molar-refractivity contribution in [1.82, 2.24) is 10.3 Å². The minimum Gasteiger partial charge on any atom is -0.393 e. The van der Waals surface area contributed by atoms with Gasteiger partial charge in [0.05, 0.1) is 17.4 Å². The minimum atomic E-state index is -0.231. The van der Waals surface area contributed by atoms with E-state index in [1.54, 1.807) is 30.5 Å². The Labute approximate surface area is 141 Å². The first-order valence-corrected chi connectivity index (χ1v) is 8.12. The fraction of sp³-hybridized carbons (Fsp3) is 0.316. The van der Waals surface area contributed by atoms with E-state index < -0.39 is 0 Å². The molecule has 1 saturated carbocycles. The number of nitrogens with one attached hydrogen (secondary N) is 1. The molecule has 1 heterocycles. The molecule has 0 bridgehead atoms. The van der Waals surface area contributed by atoms with Gasteiger partial charge in [-0.2, -0.15) is 5.26 Å². The van der Waals surface area contributed by atoms with Crippen molar-refractivity contribution >= 4 is 5.91 Å². The monoisotopic (exact) mass is 321 g/mol. The average Bonchev–Trinajstić information content (AvgIpc) is 2.63. The van der Waals surface area contributed by atoms with Crippen LogP contribution in [0.2, 0.25) is 0 Å². The van der Waals surface area contributed by atoms with Gasteiger partial charge in [0, 0.05) is 23.4 Å². The van der Waals surface area contributed by atoms with Crippen LogP contribution < -0.4 is 5.32 Å². The summed E-state index contributed by atoms with van der Waals surface area (Å²) in [5, 5.41) is 21.7. The van der Waals surface area contributed by atoms with E-state index in [4.69, 9.17) is 5.26 Å². The van der Waals surface area contributed by atoms with Gasteiger partial charge in [-0.25, -0.2) is 0 Å². The molecule has 3 rings (SSSR count). The zero-order valence-corrected chi connectivity index (χ0v) is 13.3. The Morgan fingerprint density at radius 3 is 2.54 bits per heavy atom. The predicted octanol–water partition coefficient (Wildman–Crippen LogP) is 2.65. The average molecular weight is 321 g/mol. The Morgan fingerprint density at radius 1 is 1.17 bits per heavy atom. The highest BCUT2D eigenvalue weighted by Crippen LogP contribution is 2.22. The van der Waals surface area contributed by atoms with E-state index in [2.05, 4.69) is 16.4 Å². The van der Waals surface area contributed by atoms with Crippen LogP contribution >= 0.6 is 0 Å². The number of aliphatic hydroxyl groups is 1. The van der Waals surface area contributed by atoms with E-state index in [0.29, 0.717) is 16.8 Å². The van der Waals surface area contributed by atoms with Crippen LogP contribution in [0.3, 0.4) is 0 Å². The lowest BCUT2D eigenvalue weighted by Gasteiger charge is -2.26. The summed E-state index contributed by atoms with van der Waals surface area (Å²) in [6.07, 6.45) is 4.51. The first-order chi connectivity index (χ1) is 11.7. The van der Waals surface area contributed by atoms with Crippen molar-refractivity contribution in [2.45, 2.75) is 37.8 Å². The molecule has 1 aromatic carbocycles. The zero-order chi connectivity index (χ0) is 16.9. The second kappa shape index (κ2) is 7.24. The highest BCUT2D eigenvalue weighted by atomic mass is 16.3. The second-order valence-corrected chi connectivity index (χ2v) is 6.07. The van der Waals surface area contributed by atoms with Crippen LogP contribution in [-0.4, -0.2) is 28.1 Å². The van der Waals surface area contributed by atoms with Gasteiger partial charge in [-0.1, -0.05) is 12.1 Å². The molecule has 1 aliphatic rings. The van der Waals surface area contributed by atoms with E-state index in [1.807, 2.05) is 12.1 Å². The van der Waals surface area contributed by atoms with Crippen molar-refractivity contribution < 1.29 is 9.90 Å². The molecule has 0 aliphatic heterocycles. The Balaban J connectivity index is 1.70. The van der Waals surface area contributed by atoms with Crippen molar-refractivity contribution in [2.24, 2.45) is 0 Å². The van der Waals surface area contributed by atoms with Crippen LogP contribution in [0.1, 0.15) is 41.6 Å². The molecule has 122 valence electrons. The molecular formula is C19H19N3O2. The first kappa shape index (κ1) is 16.2. The van der Waals surface area contributed by atoms with Gasteiger partial charge < -0.3 is 10.4 Å². The van der Waals surface area contributed by atoms with Crippen LogP contribution in [0.15, 0.2) is 42.6 Å². The van der Waals surface area contributed by atoms with Gasteiger partial charge in [0.2, 0.25) is 0 Å². The molecule has 1 aliphatic carbocycles. The van der Waals surface area contributed by atoms with Crippen molar-refractivity contribution in [2.75, 3.05) is 0 Å². The van der Waals surface area contributed by atoms with Crippen LogP contribution in [-0.2, 0) is 0 Å². The number of carbonyl (C=O) groups is 1. The molecule has 24 heavy (non-hydrogen) atoms. The lowest BCUT2D eigenvalue weighted by Crippen LogP contribution is -2.38. The van der Waals surface area contributed by atoms with E-state index >= 15 is 0 Å². The lowest BCUT2D eigenvalue weighted by molar-refractivity contribution is 0.0867. The molecule has 5 heteroatoms. The summed E-state index contributed by atoms with van der Waals surface area (Å²) in [5.74, 6) is -0.107. The minimum absolute atomic E-state index is 0.107. The summed E-state index contributed by atoms with van der Waals surface area (Å²) in [6.45, 7) is 0. The van der Waals surface area contributed by atoms with E-state index in [9.17, 15) is 9.90 Å². The Morgan fingerprint density at radius 2 is 1.88 bits per heavy atom. The maximum absolute atomic E-state index is 12.3. The number of benzene rings is 1. The standard InChI is InChI=1S/C19H19N3O2/c20-12-15-2-1-11-21-18(15)13-3-5-14(6-4-13)19(24)22-16-7-9-17(23)10-8-16/h1-6,11,16-17,23H,7-10H2,(H,22,24). The summed E-state index contributed by atoms with van der Waals surface area (Å²) in [5.41, 5.74) is 2.52. The molecule has 0 radical (unpaired) electrons. The summed E-state index contributed by atoms with van der Waals surface area (Å²) in [6, 6.07) is 12.8. The number of nitriles is 1. The fourth-order valence-electron chi connectivity index (χ4n) is 2.99. The Bertz CT molecular complexity index is 757. The normalized spacial score (nSPS) is 20.2. The van der Waals surface area contributed by atoms with Crippen molar-refractivity contribution in [1.29, 1.82) is 5.26 Å². The molecule has 0 unspecified atom stereocenters. The number of pyridine rings is 1. The van der Waals surface area contributed by atoms with Crippen molar-refractivity contribution in [3.8, 4) is 17.3 Å². The Hall–Kier alpha value is -2.71. The van der Waals surface area contributed by atoms with Gasteiger partial charge in [-0.3, -0.25) is 9.78 Å². The summed E-state index contributed by atoms with van der Waals surface area (Å²) in [7, 11) is 0. The summed E-state index contributed by atoms with van der Waals surface area (Å²) < 4.78 is 0. The van der Waals surface area contributed by atoms with Gasteiger partial charge in [0.1, 0.15) is 6.07 Å². The maximum Gasteiger partial charge on any atom is 0.251 e. The smallest absolute Gasteiger partial charge is 0.251 e. The van der Waals surface area contributed by atoms with Crippen LogP contribution in [0.25, 0.3) is 11.3 Å². The molecule has 1 aromatic heterocycles. The lowest BCUT2D eigenvalue weighted by atomic mass is 9.93. The Kier molecular flexibility index (Phi) is 4.88. The second-order valence-electron chi connectivity index (χ2n) is 6.07. The number of carbonyl (C=O) groups excluding carboxylic acids is 1. The van der Waals surface area contributed by atoms with Gasteiger partial charge in [-0.15, -0.1) is 0 Å². The molecular weight excluding hydrogens is 302 g/mol. The molecule has 1 amide bonds. The number of hydrogen-bond acceptors (Lipinski definition) is 4. The van der Waals surface area contributed by atoms with E-state index in [0.717, 1.165) is 31.2 Å². The molecule has 0 atom stereocenters. The fourth-order valence-corrected chi connectivity index (χ4v) is 2.99. The number of hydrogen-bond donors (Lipinski definition) is 2. The molecule has 2 aromatic rings.